The summed E-state index contributed by atoms with van der Waals surface area (Å²) in [4.78, 5) is 54.0. The topological polar surface area (TPSA) is 157 Å². The summed E-state index contributed by atoms with van der Waals surface area (Å²) in [6, 6.07) is 7.45. The standard InChI is InChI=1S/C22H21N4O7S/c23-22(30)33-16-6-3-14(4-7-16)5-8-19(28)25-11-9-17-20(25)18(27)13-26(17)34(31,32)21(29)15-2-1-10-24-12-15/h1-4,6-8,10,12,17,20H,5,9,11,13H2,(H2,23,30). The maximum atomic E-state index is 12.9. The predicted molar refractivity (Wildman–Crippen MR) is 118 cm³/mol. The number of fused-ring (bicyclic) bond motifs is 1. The number of sulfonamides is 1. The molecule has 4 rings (SSSR count). The zero-order chi connectivity index (χ0) is 24.5. The van der Waals surface area contributed by atoms with Crippen molar-refractivity contribution in [2.75, 3.05) is 13.1 Å². The Hall–Kier alpha value is -3.64. The molecule has 0 aliphatic carbocycles. The number of hydrogen-bond acceptors (Lipinski definition) is 8. The Morgan fingerprint density at radius 2 is 1.91 bits per heavy atom. The molecule has 1 aromatic heterocycles. The van der Waals surface area contributed by atoms with Crippen LogP contribution in [0.3, 0.4) is 0 Å². The van der Waals surface area contributed by atoms with Crippen LogP contribution in [-0.4, -0.2) is 70.7 Å². The number of rotatable bonds is 6. The number of ketones is 1. The van der Waals surface area contributed by atoms with Crippen molar-refractivity contribution in [3.05, 3.63) is 66.3 Å². The number of carbonyl (C=O) groups is 4. The Bertz CT molecular complexity index is 1230. The van der Waals surface area contributed by atoms with Crippen molar-refractivity contribution < 1.29 is 32.3 Å². The largest absolute Gasteiger partial charge is 0.411 e. The van der Waals surface area contributed by atoms with E-state index in [2.05, 4.69) is 4.98 Å². The fourth-order valence-corrected chi connectivity index (χ4v) is 5.72. The maximum absolute atomic E-state index is 12.9. The van der Waals surface area contributed by atoms with E-state index < -0.39 is 51.6 Å². The number of hydrogen-bond donors (Lipinski definition) is 1. The second-order valence-electron chi connectivity index (χ2n) is 7.85. The lowest BCUT2D eigenvalue weighted by Gasteiger charge is -2.23. The molecular weight excluding hydrogens is 464 g/mol. The van der Waals surface area contributed by atoms with Gasteiger partial charge in [-0.05, 0) is 42.7 Å². The first-order valence-corrected chi connectivity index (χ1v) is 11.8. The van der Waals surface area contributed by atoms with Crippen LogP contribution in [0.4, 0.5) is 4.79 Å². The molecule has 1 radical (unpaired) electrons. The number of Topliss-reactive ketones (excluding diaryl/α,β-unsaturated/α-hetero) is 1. The first kappa shape index (κ1) is 23.5. The van der Waals surface area contributed by atoms with Gasteiger partial charge in [0.1, 0.15) is 11.8 Å². The Morgan fingerprint density at radius 1 is 1.18 bits per heavy atom. The smallest absolute Gasteiger partial charge is 0.409 e. The van der Waals surface area contributed by atoms with Crippen molar-refractivity contribution in [1.82, 2.24) is 14.2 Å². The molecule has 2 amide bonds. The Kier molecular flexibility index (Phi) is 6.44. The molecule has 0 spiro atoms. The molecule has 2 N–H and O–H groups in total. The van der Waals surface area contributed by atoms with Gasteiger partial charge in [-0.15, -0.1) is 0 Å². The lowest BCUT2D eigenvalue weighted by atomic mass is 10.1. The fourth-order valence-electron chi connectivity index (χ4n) is 4.21. The number of pyridine rings is 1. The highest BCUT2D eigenvalue weighted by molar-refractivity contribution is 8.04. The van der Waals surface area contributed by atoms with E-state index in [1.54, 1.807) is 12.1 Å². The van der Waals surface area contributed by atoms with Crippen LogP contribution >= 0.6 is 0 Å². The number of primary amides is 1. The van der Waals surface area contributed by atoms with Gasteiger partial charge in [0.15, 0.2) is 5.78 Å². The molecule has 2 fully saturated rings. The second-order valence-corrected chi connectivity index (χ2v) is 9.64. The molecule has 2 unspecified atom stereocenters. The molecule has 2 atom stereocenters. The molecule has 3 heterocycles. The SMILES string of the molecule is NC(=O)Oc1ccc(C[CH]C(=O)N2CCC3C2C(=O)CN3S(=O)(=O)C(=O)c2cccnc2)cc1. The van der Waals surface area contributed by atoms with E-state index in [4.69, 9.17) is 10.5 Å². The van der Waals surface area contributed by atoms with Crippen LogP contribution in [0.15, 0.2) is 48.8 Å². The Labute approximate surface area is 195 Å². The molecule has 12 heteroatoms. The minimum absolute atomic E-state index is 0.0927. The van der Waals surface area contributed by atoms with Gasteiger partial charge in [-0.25, -0.2) is 13.2 Å². The van der Waals surface area contributed by atoms with Gasteiger partial charge in [0, 0.05) is 18.9 Å². The van der Waals surface area contributed by atoms with E-state index in [1.165, 1.54) is 41.8 Å². The van der Waals surface area contributed by atoms with Gasteiger partial charge in [0.05, 0.1) is 24.6 Å². The minimum atomic E-state index is -4.46. The van der Waals surface area contributed by atoms with Crippen molar-refractivity contribution in [3.8, 4) is 5.75 Å². The summed E-state index contributed by atoms with van der Waals surface area (Å²) in [5.74, 6) is -0.570. The molecule has 2 aromatic rings. The zero-order valence-corrected chi connectivity index (χ0v) is 18.7. The normalized spacial score (nSPS) is 20.2. The summed E-state index contributed by atoms with van der Waals surface area (Å²) in [6.07, 6.45) is 3.53. The second kappa shape index (κ2) is 9.31. The van der Waals surface area contributed by atoms with Crippen LogP contribution < -0.4 is 10.5 Å². The van der Waals surface area contributed by atoms with E-state index in [0.29, 0.717) is 0 Å². The summed E-state index contributed by atoms with van der Waals surface area (Å²) < 4.78 is 31.6. The molecule has 177 valence electrons. The highest BCUT2D eigenvalue weighted by atomic mass is 32.2. The van der Waals surface area contributed by atoms with Crippen molar-refractivity contribution in [2.24, 2.45) is 5.73 Å². The van der Waals surface area contributed by atoms with E-state index in [9.17, 15) is 27.6 Å². The van der Waals surface area contributed by atoms with E-state index in [0.717, 1.165) is 16.1 Å². The number of aromatic nitrogens is 1. The van der Waals surface area contributed by atoms with Crippen molar-refractivity contribution in [2.45, 2.75) is 24.9 Å². The summed E-state index contributed by atoms with van der Waals surface area (Å²) >= 11 is 0. The average molecular weight is 485 g/mol. The fraction of sp³-hybridized carbons (Fsp3) is 0.273. The molecule has 1 aromatic carbocycles. The first-order valence-electron chi connectivity index (χ1n) is 10.4. The summed E-state index contributed by atoms with van der Waals surface area (Å²) in [6.45, 7) is -0.274. The van der Waals surface area contributed by atoms with E-state index >= 15 is 0 Å². The Morgan fingerprint density at radius 3 is 2.56 bits per heavy atom. The predicted octanol–water partition coefficient (Wildman–Crippen LogP) is 0.310. The average Bonchev–Trinajstić information content (AvgIpc) is 3.39. The third-order valence-corrected chi connectivity index (χ3v) is 7.48. The van der Waals surface area contributed by atoms with Gasteiger partial charge < -0.3 is 15.4 Å². The van der Waals surface area contributed by atoms with Crippen molar-refractivity contribution in [1.29, 1.82) is 0 Å². The zero-order valence-electron chi connectivity index (χ0n) is 17.9. The number of ether oxygens (including phenoxy) is 1. The summed E-state index contributed by atoms with van der Waals surface area (Å²) in [5.41, 5.74) is 5.62. The van der Waals surface area contributed by atoms with Crippen LogP contribution in [0, 0.1) is 6.42 Å². The van der Waals surface area contributed by atoms with Gasteiger partial charge >= 0.3 is 6.09 Å². The van der Waals surface area contributed by atoms with Crippen LogP contribution in [0.25, 0.3) is 0 Å². The third-order valence-electron chi connectivity index (χ3n) is 5.75. The van der Waals surface area contributed by atoms with Crippen molar-refractivity contribution in [3.63, 3.8) is 0 Å². The quantitative estimate of drug-likeness (QED) is 0.612. The van der Waals surface area contributed by atoms with Gasteiger partial charge in [-0.3, -0.25) is 19.4 Å². The molecule has 0 saturated carbocycles. The monoisotopic (exact) mass is 485 g/mol. The van der Waals surface area contributed by atoms with Crippen LogP contribution in [-0.2, 0) is 26.0 Å². The lowest BCUT2D eigenvalue weighted by molar-refractivity contribution is -0.133. The maximum Gasteiger partial charge on any atom is 0.409 e. The molecule has 2 aliphatic rings. The van der Waals surface area contributed by atoms with Gasteiger partial charge in [-0.1, -0.05) is 12.1 Å². The lowest BCUT2D eigenvalue weighted by Crippen LogP contribution is -2.44. The third kappa shape index (κ3) is 4.54. The van der Waals surface area contributed by atoms with Crippen LogP contribution in [0.1, 0.15) is 22.3 Å². The number of benzene rings is 1. The number of carbonyl (C=O) groups excluding carboxylic acids is 4. The van der Waals surface area contributed by atoms with Gasteiger partial charge in [0.25, 0.3) is 15.1 Å². The molecule has 2 saturated heterocycles. The van der Waals surface area contributed by atoms with Crippen molar-refractivity contribution >= 4 is 32.9 Å². The number of nitrogens with two attached hydrogens (primary N) is 1. The van der Waals surface area contributed by atoms with Crippen LogP contribution in [0.5, 0.6) is 5.75 Å². The van der Waals surface area contributed by atoms with E-state index in [1.807, 2.05) is 0 Å². The molecule has 2 aliphatic heterocycles. The van der Waals surface area contributed by atoms with Gasteiger partial charge in [-0.2, -0.15) is 4.31 Å². The first-order chi connectivity index (χ1) is 16.2. The van der Waals surface area contributed by atoms with Gasteiger partial charge in [0.2, 0.25) is 5.91 Å². The minimum Gasteiger partial charge on any atom is -0.411 e. The molecular formula is C22H21N4O7S. The molecule has 34 heavy (non-hydrogen) atoms. The summed E-state index contributed by atoms with van der Waals surface area (Å²) in [7, 11) is -4.46. The Balaban J connectivity index is 1.42. The highest BCUT2D eigenvalue weighted by Gasteiger charge is 2.54. The molecule has 11 nitrogen and oxygen atoms in total. The number of likely N-dealkylation sites (tertiary alicyclic amines) is 1. The molecule has 0 bridgehead atoms. The summed E-state index contributed by atoms with van der Waals surface area (Å²) in [5, 5.41) is -1.13. The number of nitrogens with zero attached hydrogens (tertiary/aromatic N) is 3. The number of amides is 2. The highest BCUT2D eigenvalue weighted by Crippen LogP contribution is 2.33. The van der Waals surface area contributed by atoms with Crippen LogP contribution in [0.2, 0.25) is 0 Å². The van der Waals surface area contributed by atoms with E-state index in [-0.39, 0.29) is 30.7 Å².